The van der Waals surface area contributed by atoms with Crippen LogP contribution in [-0.4, -0.2) is 50.8 Å². The number of benzene rings is 1. The molecule has 0 radical (unpaired) electrons. The summed E-state index contributed by atoms with van der Waals surface area (Å²) >= 11 is 0. The van der Waals surface area contributed by atoms with Crippen LogP contribution in [0.15, 0.2) is 36.5 Å². The molecule has 1 amide bonds. The molecule has 0 spiro atoms. The molecular formula is C21H24N4O3. The molecule has 7 heteroatoms. The third-order valence-corrected chi connectivity index (χ3v) is 4.62. The maximum Gasteiger partial charge on any atom is 0.253 e. The highest BCUT2D eigenvalue weighted by Gasteiger charge is 2.24. The highest BCUT2D eigenvalue weighted by Crippen LogP contribution is 2.30. The Morgan fingerprint density at radius 2 is 2.04 bits per heavy atom. The number of pyridine rings is 1. The molecular weight excluding hydrogens is 356 g/mol. The molecule has 1 fully saturated rings. The molecule has 2 heterocycles. The van der Waals surface area contributed by atoms with E-state index in [4.69, 9.17) is 15.9 Å². The van der Waals surface area contributed by atoms with Crippen molar-refractivity contribution in [1.29, 1.82) is 0 Å². The lowest BCUT2D eigenvalue weighted by molar-refractivity contribution is 0.0958. The molecule has 146 valence electrons. The zero-order chi connectivity index (χ0) is 19.9. The second-order valence-corrected chi connectivity index (χ2v) is 6.47. The average Bonchev–Trinajstić information content (AvgIpc) is 3.20. The molecule has 1 saturated heterocycles. The second-order valence-electron chi connectivity index (χ2n) is 6.47. The molecule has 0 bridgehead atoms. The summed E-state index contributed by atoms with van der Waals surface area (Å²) < 4.78 is 10.7. The summed E-state index contributed by atoms with van der Waals surface area (Å²) in [5.41, 5.74) is 1.55. The van der Waals surface area contributed by atoms with E-state index in [1.165, 1.54) is 0 Å². The number of amides is 1. The number of nitrogens with one attached hydrogen (secondary N) is 2. The van der Waals surface area contributed by atoms with Gasteiger partial charge in [0.25, 0.3) is 5.91 Å². The van der Waals surface area contributed by atoms with Gasteiger partial charge in [-0.05, 0) is 18.6 Å². The van der Waals surface area contributed by atoms with Gasteiger partial charge in [0.2, 0.25) is 0 Å². The lowest BCUT2D eigenvalue weighted by Crippen LogP contribution is -2.26. The highest BCUT2D eigenvalue weighted by atomic mass is 16.5. The van der Waals surface area contributed by atoms with Gasteiger partial charge in [-0.2, -0.15) is 0 Å². The van der Waals surface area contributed by atoms with Crippen molar-refractivity contribution in [1.82, 2.24) is 10.3 Å². The summed E-state index contributed by atoms with van der Waals surface area (Å²) in [5.74, 6) is 4.43. The van der Waals surface area contributed by atoms with Crippen molar-refractivity contribution in [2.45, 2.75) is 12.5 Å². The maximum absolute atomic E-state index is 11.9. The second kappa shape index (κ2) is 9.00. The number of aromatic nitrogens is 1. The molecule has 1 unspecified atom stereocenters. The smallest absolute Gasteiger partial charge is 0.253 e. The Bertz CT molecular complexity index is 839. The van der Waals surface area contributed by atoms with Crippen molar-refractivity contribution in [3.8, 4) is 23.8 Å². The van der Waals surface area contributed by atoms with Crippen molar-refractivity contribution >= 4 is 17.4 Å². The summed E-state index contributed by atoms with van der Waals surface area (Å²) in [5, 5.41) is 6.05. The zero-order valence-corrected chi connectivity index (χ0v) is 16.1. The van der Waals surface area contributed by atoms with E-state index in [-0.39, 0.29) is 18.5 Å². The first-order valence-corrected chi connectivity index (χ1v) is 9.05. The first kappa shape index (κ1) is 19.4. The van der Waals surface area contributed by atoms with Crippen molar-refractivity contribution in [2.75, 3.05) is 44.1 Å². The van der Waals surface area contributed by atoms with E-state index in [1.807, 2.05) is 24.3 Å². The number of ether oxygens (including phenoxy) is 2. The summed E-state index contributed by atoms with van der Waals surface area (Å²) in [4.78, 5) is 18.5. The van der Waals surface area contributed by atoms with Gasteiger partial charge in [0.05, 0.1) is 26.3 Å². The Kier molecular flexibility index (Phi) is 6.22. The molecule has 1 aromatic heterocycles. The van der Waals surface area contributed by atoms with Crippen LogP contribution in [0.2, 0.25) is 0 Å². The standard InChI is InChI=1S/C21H24N4O3/c1-4-8-22-21(26)15-5-6-20(23-13-15)24-16-7-9-25(14-16)17-10-18(27-2)12-19(11-17)28-3/h1,5-6,10-13,16H,7-9,14H2,2-3H3,(H,22,26)(H,23,24). The van der Waals surface area contributed by atoms with E-state index >= 15 is 0 Å². The molecule has 7 nitrogen and oxygen atoms in total. The number of terminal acetylenes is 1. The summed E-state index contributed by atoms with van der Waals surface area (Å²) in [6, 6.07) is 9.67. The number of carbonyl (C=O) groups is 1. The maximum atomic E-state index is 11.9. The molecule has 1 aliphatic heterocycles. The van der Waals surface area contributed by atoms with Gasteiger partial charge in [-0.3, -0.25) is 4.79 Å². The third kappa shape index (κ3) is 4.65. The molecule has 0 aliphatic carbocycles. The van der Waals surface area contributed by atoms with Crippen LogP contribution < -0.4 is 25.0 Å². The number of carbonyl (C=O) groups excluding carboxylic acids is 1. The Morgan fingerprint density at radius 3 is 2.64 bits per heavy atom. The van der Waals surface area contributed by atoms with Crippen LogP contribution in [0.1, 0.15) is 16.8 Å². The first-order valence-electron chi connectivity index (χ1n) is 9.05. The van der Waals surface area contributed by atoms with Crippen molar-refractivity contribution in [2.24, 2.45) is 0 Å². The van der Waals surface area contributed by atoms with Crippen LogP contribution >= 0.6 is 0 Å². The van der Waals surface area contributed by atoms with Crippen LogP contribution in [0.3, 0.4) is 0 Å². The Morgan fingerprint density at radius 1 is 1.29 bits per heavy atom. The summed E-state index contributed by atoms with van der Waals surface area (Å²) in [7, 11) is 3.30. The fourth-order valence-electron chi connectivity index (χ4n) is 3.14. The number of hydrogen-bond donors (Lipinski definition) is 2. The van der Waals surface area contributed by atoms with Crippen LogP contribution in [0.5, 0.6) is 11.5 Å². The number of nitrogens with zero attached hydrogens (tertiary/aromatic N) is 2. The van der Waals surface area contributed by atoms with Gasteiger partial charge in [0.15, 0.2) is 0 Å². The molecule has 28 heavy (non-hydrogen) atoms. The van der Waals surface area contributed by atoms with Crippen LogP contribution in [0.4, 0.5) is 11.5 Å². The molecule has 2 aromatic rings. The minimum atomic E-state index is -0.226. The van der Waals surface area contributed by atoms with Crippen molar-refractivity contribution < 1.29 is 14.3 Å². The third-order valence-electron chi connectivity index (χ3n) is 4.62. The number of hydrogen-bond acceptors (Lipinski definition) is 6. The van der Waals surface area contributed by atoms with Crippen molar-refractivity contribution in [3.05, 3.63) is 42.1 Å². The Balaban J connectivity index is 1.60. The lowest BCUT2D eigenvalue weighted by atomic mass is 10.2. The van der Waals surface area contributed by atoms with Gasteiger partial charge in [-0.25, -0.2) is 4.98 Å². The van der Waals surface area contributed by atoms with Gasteiger partial charge >= 0.3 is 0 Å². The largest absolute Gasteiger partial charge is 0.497 e. The molecule has 0 saturated carbocycles. The minimum absolute atomic E-state index is 0.200. The predicted molar refractivity (Wildman–Crippen MR) is 109 cm³/mol. The van der Waals surface area contributed by atoms with Gasteiger partial charge in [-0.15, -0.1) is 6.42 Å². The fraction of sp³-hybridized carbons (Fsp3) is 0.333. The number of rotatable bonds is 7. The van der Waals surface area contributed by atoms with Gasteiger partial charge in [0, 0.05) is 49.2 Å². The van der Waals surface area contributed by atoms with E-state index in [2.05, 4.69) is 26.4 Å². The van der Waals surface area contributed by atoms with E-state index < -0.39 is 0 Å². The molecule has 1 atom stereocenters. The van der Waals surface area contributed by atoms with Crippen LogP contribution in [-0.2, 0) is 0 Å². The summed E-state index contributed by atoms with van der Waals surface area (Å²) in [6.07, 6.45) is 7.67. The molecule has 2 N–H and O–H groups in total. The highest BCUT2D eigenvalue weighted by molar-refractivity contribution is 5.94. The SMILES string of the molecule is C#CCNC(=O)c1ccc(NC2CCN(c3cc(OC)cc(OC)c3)C2)nc1. The van der Waals surface area contributed by atoms with E-state index in [9.17, 15) is 4.79 Å². The Labute approximate surface area is 165 Å². The summed E-state index contributed by atoms with van der Waals surface area (Å²) in [6.45, 7) is 1.95. The zero-order valence-electron chi connectivity index (χ0n) is 16.1. The Hall–Kier alpha value is -3.40. The van der Waals surface area contributed by atoms with Gasteiger partial charge < -0.3 is 25.0 Å². The van der Waals surface area contributed by atoms with Crippen LogP contribution in [0.25, 0.3) is 0 Å². The van der Waals surface area contributed by atoms with E-state index in [0.29, 0.717) is 5.56 Å². The van der Waals surface area contributed by atoms with E-state index in [1.54, 1.807) is 26.5 Å². The van der Waals surface area contributed by atoms with Gasteiger partial charge in [0.1, 0.15) is 17.3 Å². The topological polar surface area (TPSA) is 75.7 Å². The lowest BCUT2D eigenvalue weighted by Gasteiger charge is -2.20. The normalized spacial score (nSPS) is 15.6. The average molecular weight is 380 g/mol. The molecule has 1 aliphatic rings. The van der Waals surface area contributed by atoms with E-state index in [0.717, 1.165) is 42.5 Å². The van der Waals surface area contributed by atoms with Crippen molar-refractivity contribution in [3.63, 3.8) is 0 Å². The van der Waals surface area contributed by atoms with Gasteiger partial charge in [-0.1, -0.05) is 5.92 Å². The predicted octanol–water partition coefficient (Wildman–Crippen LogP) is 2.15. The number of methoxy groups -OCH3 is 2. The number of anilines is 2. The fourth-order valence-corrected chi connectivity index (χ4v) is 3.14. The quantitative estimate of drug-likeness (QED) is 0.717. The minimum Gasteiger partial charge on any atom is -0.497 e. The molecule has 3 rings (SSSR count). The van der Waals surface area contributed by atoms with Crippen LogP contribution in [0, 0.1) is 12.3 Å². The monoisotopic (exact) mass is 380 g/mol. The first-order chi connectivity index (χ1) is 13.6. The molecule has 1 aromatic carbocycles.